The molecule has 0 saturated heterocycles. The Kier molecular flexibility index (Phi) is 5.27. The SMILES string of the molecule is CN(C)CCOc1cccc(-c2nc3ccc(-c4nc5ccc(C(=N)N)cc5[nH]4)cc3[nH]2)c1. The van der Waals surface area contributed by atoms with Crippen molar-refractivity contribution in [1.82, 2.24) is 24.8 Å². The Labute approximate surface area is 190 Å². The second-order valence-electron chi connectivity index (χ2n) is 8.23. The molecule has 8 heteroatoms. The maximum absolute atomic E-state index is 7.63. The van der Waals surface area contributed by atoms with Crippen LogP contribution in [0.25, 0.3) is 44.8 Å². The van der Waals surface area contributed by atoms with Crippen LogP contribution in [0.1, 0.15) is 5.56 Å². The van der Waals surface area contributed by atoms with Crippen LogP contribution in [0.5, 0.6) is 5.75 Å². The van der Waals surface area contributed by atoms with Crippen molar-refractivity contribution in [1.29, 1.82) is 5.41 Å². The average Bonchev–Trinajstić information content (AvgIpc) is 3.42. The van der Waals surface area contributed by atoms with Gasteiger partial charge in [0.05, 0.1) is 22.1 Å². The molecule has 0 aliphatic carbocycles. The van der Waals surface area contributed by atoms with Crippen LogP contribution < -0.4 is 10.5 Å². The average molecular weight is 440 g/mol. The van der Waals surface area contributed by atoms with Gasteiger partial charge in [-0.05, 0) is 62.6 Å². The lowest BCUT2D eigenvalue weighted by atomic mass is 10.2. The number of nitrogen functional groups attached to an aromatic ring is 1. The number of fused-ring (bicyclic) bond motifs is 2. The number of benzene rings is 3. The molecule has 0 amide bonds. The van der Waals surface area contributed by atoms with Gasteiger partial charge >= 0.3 is 0 Å². The van der Waals surface area contributed by atoms with E-state index in [1.54, 1.807) is 6.07 Å². The Morgan fingerprint density at radius 2 is 1.58 bits per heavy atom. The normalized spacial score (nSPS) is 11.5. The number of rotatable bonds is 7. The van der Waals surface area contributed by atoms with Gasteiger partial charge in [-0.15, -0.1) is 0 Å². The summed E-state index contributed by atoms with van der Waals surface area (Å²) in [5.41, 5.74) is 11.7. The Morgan fingerprint density at radius 3 is 2.27 bits per heavy atom. The first-order valence-electron chi connectivity index (χ1n) is 10.7. The molecule has 2 aromatic heterocycles. The lowest BCUT2D eigenvalue weighted by Gasteiger charge is -2.11. The van der Waals surface area contributed by atoms with E-state index < -0.39 is 0 Å². The van der Waals surface area contributed by atoms with Crippen molar-refractivity contribution in [3.63, 3.8) is 0 Å². The fourth-order valence-electron chi connectivity index (χ4n) is 3.69. The Morgan fingerprint density at radius 1 is 0.909 bits per heavy atom. The fourth-order valence-corrected chi connectivity index (χ4v) is 3.69. The molecule has 8 nitrogen and oxygen atoms in total. The molecule has 5 rings (SSSR count). The number of nitrogens with two attached hydrogens (primary N) is 1. The third-order valence-electron chi connectivity index (χ3n) is 5.46. The summed E-state index contributed by atoms with van der Waals surface area (Å²) in [6, 6.07) is 19.5. The van der Waals surface area contributed by atoms with Crippen LogP contribution in [0, 0.1) is 5.41 Å². The van der Waals surface area contributed by atoms with E-state index in [1.165, 1.54) is 0 Å². The zero-order chi connectivity index (χ0) is 22.9. The van der Waals surface area contributed by atoms with E-state index in [9.17, 15) is 0 Å². The number of hydrogen-bond donors (Lipinski definition) is 4. The number of amidine groups is 1. The van der Waals surface area contributed by atoms with Crippen molar-refractivity contribution < 1.29 is 4.74 Å². The van der Waals surface area contributed by atoms with E-state index >= 15 is 0 Å². The van der Waals surface area contributed by atoms with Gasteiger partial charge in [-0.3, -0.25) is 5.41 Å². The lowest BCUT2D eigenvalue weighted by Crippen LogP contribution is -2.19. The molecule has 5 aromatic rings. The molecule has 0 bridgehead atoms. The van der Waals surface area contributed by atoms with Gasteiger partial charge in [0.25, 0.3) is 0 Å². The van der Waals surface area contributed by atoms with Gasteiger partial charge in [-0.1, -0.05) is 12.1 Å². The third kappa shape index (κ3) is 4.28. The Hall–Kier alpha value is -4.17. The van der Waals surface area contributed by atoms with Gasteiger partial charge in [-0.25, -0.2) is 9.97 Å². The van der Waals surface area contributed by atoms with Crippen molar-refractivity contribution in [3.8, 4) is 28.5 Å². The molecule has 0 spiro atoms. The van der Waals surface area contributed by atoms with E-state index in [1.807, 2.05) is 68.7 Å². The van der Waals surface area contributed by atoms with Crippen LogP contribution in [-0.4, -0.2) is 57.9 Å². The van der Waals surface area contributed by atoms with E-state index in [0.29, 0.717) is 12.2 Å². The highest BCUT2D eigenvalue weighted by Crippen LogP contribution is 2.28. The zero-order valence-electron chi connectivity index (χ0n) is 18.5. The van der Waals surface area contributed by atoms with E-state index in [-0.39, 0.29) is 5.84 Å². The molecule has 33 heavy (non-hydrogen) atoms. The molecule has 0 atom stereocenters. The minimum atomic E-state index is 0.0339. The molecule has 3 aromatic carbocycles. The van der Waals surface area contributed by atoms with Gasteiger partial charge in [0.15, 0.2) is 0 Å². The molecule has 5 N–H and O–H groups in total. The molecular weight excluding hydrogens is 414 g/mol. The maximum Gasteiger partial charge on any atom is 0.138 e. The number of nitrogens with one attached hydrogen (secondary N) is 3. The van der Waals surface area contributed by atoms with E-state index in [2.05, 4.69) is 19.9 Å². The highest BCUT2D eigenvalue weighted by atomic mass is 16.5. The van der Waals surface area contributed by atoms with Crippen LogP contribution in [0.2, 0.25) is 0 Å². The first-order chi connectivity index (χ1) is 16.0. The topological polar surface area (TPSA) is 120 Å². The standard InChI is InChI=1S/C25H25N7O/c1-32(2)10-11-33-18-5-3-4-16(12-18)24-28-20-9-7-17(14-22(20)31-24)25-29-19-8-6-15(23(26)27)13-21(19)30-25/h3-9,12-14H,10-11H2,1-2H3,(H3,26,27)(H,28,31)(H,29,30). The highest BCUT2D eigenvalue weighted by Gasteiger charge is 2.11. The third-order valence-corrected chi connectivity index (χ3v) is 5.46. The summed E-state index contributed by atoms with van der Waals surface area (Å²) in [5.74, 6) is 2.39. The lowest BCUT2D eigenvalue weighted by molar-refractivity contribution is 0.261. The zero-order valence-corrected chi connectivity index (χ0v) is 18.5. The first-order valence-corrected chi connectivity index (χ1v) is 10.7. The highest BCUT2D eigenvalue weighted by molar-refractivity contribution is 5.98. The molecule has 166 valence electrons. The van der Waals surface area contributed by atoms with Crippen LogP contribution in [0.3, 0.4) is 0 Å². The van der Waals surface area contributed by atoms with Crippen LogP contribution in [0.4, 0.5) is 0 Å². The van der Waals surface area contributed by atoms with Crippen LogP contribution >= 0.6 is 0 Å². The van der Waals surface area contributed by atoms with E-state index in [4.69, 9.17) is 20.9 Å². The summed E-state index contributed by atoms with van der Waals surface area (Å²) < 4.78 is 5.87. The van der Waals surface area contributed by atoms with Crippen molar-refractivity contribution >= 4 is 27.9 Å². The summed E-state index contributed by atoms with van der Waals surface area (Å²) in [5, 5.41) is 7.63. The van der Waals surface area contributed by atoms with Crippen molar-refractivity contribution in [2.45, 2.75) is 0 Å². The molecule has 0 aliphatic heterocycles. The molecule has 0 aliphatic rings. The maximum atomic E-state index is 7.63. The molecule has 0 unspecified atom stereocenters. The number of aromatic amines is 2. The Bertz CT molecular complexity index is 1460. The van der Waals surface area contributed by atoms with Crippen LogP contribution in [-0.2, 0) is 0 Å². The Balaban J connectivity index is 1.44. The molecule has 0 fully saturated rings. The molecular formula is C25H25N7O. The number of likely N-dealkylation sites (N-methyl/N-ethyl adjacent to an activating group) is 1. The minimum Gasteiger partial charge on any atom is -0.492 e. The summed E-state index contributed by atoms with van der Waals surface area (Å²) in [6.45, 7) is 1.49. The number of hydrogen-bond acceptors (Lipinski definition) is 5. The monoisotopic (exact) mass is 439 g/mol. The predicted molar refractivity (Wildman–Crippen MR) is 132 cm³/mol. The number of H-pyrrole nitrogens is 2. The van der Waals surface area contributed by atoms with Gasteiger partial charge in [0.2, 0.25) is 0 Å². The molecule has 0 saturated carbocycles. The smallest absolute Gasteiger partial charge is 0.138 e. The van der Waals surface area contributed by atoms with Gasteiger partial charge in [0, 0.05) is 23.2 Å². The first kappa shape index (κ1) is 20.7. The quantitative estimate of drug-likeness (QED) is 0.226. The number of nitrogens with zero attached hydrogens (tertiary/aromatic N) is 3. The van der Waals surface area contributed by atoms with Crippen molar-refractivity contribution in [2.75, 3.05) is 27.2 Å². The van der Waals surface area contributed by atoms with Crippen molar-refractivity contribution in [2.24, 2.45) is 5.73 Å². The summed E-state index contributed by atoms with van der Waals surface area (Å²) >= 11 is 0. The van der Waals surface area contributed by atoms with Gasteiger partial charge < -0.3 is 25.3 Å². The van der Waals surface area contributed by atoms with Crippen LogP contribution in [0.15, 0.2) is 60.7 Å². The van der Waals surface area contributed by atoms with Gasteiger partial charge in [-0.2, -0.15) is 0 Å². The fraction of sp³-hybridized carbons (Fsp3) is 0.160. The number of imidazole rings is 2. The van der Waals surface area contributed by atoms with E-state index in [0.717, 1.165) is 57.1 Å². The minimum absolute atomic E-state index is 0.0339. The summed E-state index contributed by atoms with van der Waals surface area (Å²) in [4.78, 5) is 18.3. The summed E-state index contributed by atoms with van der Waals surface area (Å²) in [6.07, 6.45) is 0. The van der Waals surface area contributed by atoms with Gasteiger partial charge in [0.1, 0.15) is 29.8 Å². The number of aromatic nitrogens is 4. The number of ether oxygens (including phenoxy) is 1. The largest absolute Gasteiger partial charge is 0.492 e. The predicted octanol–water partition coefficient (Wildman–Crippen LogP) is 4.00. The second-order valence-corrected chi connectivity index (χ2v) is 8.23. The second kappa shape index (κ2) is 8.40. The van der Waals surface area contributed by atoms with Crippen molar-refractivity contribution in [3.05, 3.63) is 66.2 Å². The molecule has 0 radical (unpaired) electrons. The summed E-state index contributed by atoms with van der Waals surface area (Å²) in [7, 11) is 4.05. The molecule has 2 heterocycles.